The number of fused-ring (bicyclic) bond motifs is 5. The van der Waals surface area contributed by atoms with Gasteiger partial charge in [-0.2, -0.15) is 0 Å². The number of hydrogen-bond acceptors (Lipinski definition) is 3. The van der Waals surface area contributed by atoms with Gasteiger partial charge in [0.15, 0.2) is 23.0 Å². The summed E-state index contributed by atoms with van der Waals surface area (Å²) in [7, 11) is 0. The monoisotopic (exact) mass is 604 g/mol. The van der Waals surface area contributed by atoms with Crippen molar-refractivity contribution in [1.29, 1.82) is 0 Å². The minimum absolute atomic E-state index is 0.119. The van der Waals surface area contributed by atoms with Gasteiger partial charge in [-0.3, -0.25) is 0 Å². The predicted molar refractivity (Wildman–Crippen MR) is 192 cm³/mol. The molecule has 0 amide bonds. The van der Waals surface area contributed by atoms with Gasteiger partial charge in [-0.1, -0.05) is 105 Å². The average molecular weight is 605 g/mol. The molecule has 230 valence electrons. The van der Waals surface area contributed by atoms with Crippen molar-refractivity contribution in [2.24, 2.45) is 10.7 Å². The summed E-state index contributed by atoms with van der Waals surface area (Å²) >= 11 is 0. The van der Waals surface area contributed by atoms with E-state index in [-0.39, 0.29) is 5.41 Å². The maximum absolute atomic E-state index is 6.63. The first-order chi connectivity index (χ1) is 22.1. The maximum atomic E-state index is 6.63. The van der Waals surface area contributed by atoms with Gasteiger partial charge in [-0.15, -0.1) is 0 Å². The fourth-order valence-electron chi connectivity index (χ4n) is 6.02. The van der Waals surface area contributed by atoms with Crippen LogP contribution in [-0.4, -0.2) is 5.84 Å². The van der Waals surface area contributed by atoms with E-state index in [1.54, 1.807) is 0 Å². The Bertz CT molecular complexity index is 2030. The molecule has 6 rings (SSSR count). The van der Waals surface area contributed by atoms with Gasteiger partial charge in [0.1, 0.15) is 5.84 Å². The summed E-state index contributed by atoms with van der Waals surface area (Å²) in [6, 6.07) is 26.8. The smallest absolute Gasteiger partial charge is 0.177 e. The molecule has 2 aliphatic rings. The van der Waals surface area contributed by atoms with E-state index < -0.39 is 0 Å². The van der Waals surface area contributed by atoms with Crippen LogP contribution in [-0.2, 0) is 5.41 Å². The second-order valence-corrected chi connectivity index (χ2v) is 12.5. The Morgan fingerprint density at radius 3 is 2.22 bits per heavy atom. The van der Waals surface area contributed by atoms with Crippen LogP contribution in [0.4, 0.5) is 0 Å². The minimum atomic E-state index is -0.119. The van der Waals surface area contributed by atoms with E-state index in [2.05, 4.69) is 87.8 Å². The summed E-state index contributed by atoms with van der Waals surface area (Å²) in [6.45, 7) is 16.9. The molecular weight excluding hydrogens is 564 g/mol. The summed E-state index contributed by atoms with van der Waals surface area (Å²) in [5.74, 6) is 3.19. The van der Waals surface area contributed by atoms with E-state index >= 15 is 0 Å². The lowest BCUT2D eigenvalue weighted by Gasteiger charge is -2.26. The quantitative estimate of drug-likeness (QED) is 0.114. The third kappa shape index (κ3) is 5.63. The molecule has 0 unspecified atom stereocenters. The molecule has 46 heavy (non-hydrogen) atoms. The molecule has 0 bridgehead atoms. The fourth-order valence-corrected chi connectivity index (χ4v) is 6.02. The lowest BCUT2D eigenvalue weighted by Crippen LogP contribution is -2.15. The third-order valence-corrected chi connectivity index (χ3v) is 8.98. The molecule has 0 saturated heterocycles. The molecule has 4 heteroatoms. The molecule has 4 aromatic carbocycles. The van der Waals surface area contributed by atoms with Gasteiger partial charge in [-0.05, 0) is 96.5 Å². The molecular formula is C42H40N2O2. The molecule has 1 heterocycles. The van der Waals surface area contributed by atoms with Crippen LogP contribution in [0.15, 0.2) is 143 Å². The Kier molecular flexibility index (Phi) is 8.14. The van der Waals surface area contributed by atoms with Crippen LogP contribution in [0, 0.1) is 0 Å². The molecule has 0 saturated carbocycles. The van der Waals surface area contributed by atoms with E-state index in [1.165, 1.54) is 33.4 Å². The molecule has 1 aliphatic heterocycles. The average Bonchev–Trinajstić information content (AvgIpc) is 3.28. The molecule has 0 fully saturated rings. The van der Waals surface area contributed by atoms with Crippen LogP contribution < -0.4 is 15.2 Å². The summed E-state index contributed by atoms with van der Waals surface area (Å²) < 4.78 is 13.1. The zero-order chi connectivity index (χ0) is 32.6. The van der Waals surface area contributed by atoms with Crippen LogP contribution in [0.3, 0.4) is 0 Å². The Morgan fingerprint density at radius 2 is 1.41 bits per heavy atom. The maximum Gasteiger partial charge on any atom is 0.177 e. The molecule has 4 aromatic rings. The first-order valence-corrected chi connectivity index (χ1v) is 15.6. The van der Waals surface area contributed by atoms with Gasteiger partial charge >= 0.3 is 0 Å². The highest BCUT2D eigenvalue weighted by Crippen LogP contribution is 2.56. The lowest BCUT2D eigenvalue weighted by atomic mass is 9.82. The van der Waals surface area contributed by atoms with E-state index in [9.17, 15) is 0 Å². The zero-order valence-electron chi connectivity index (χ0n) is 27.4. The van der Waals surface area contributed by atoms with E-state index in [0.29, 0.717) is 28.8 Å². The summed E-state index contributed by atoms with van der Waals surface area (Å²) in [5, 5.41) is 0. The van der Waals surface area contributed by atoms with Gasteiger partial charge < -0.3 is 15.2 Å². The number of para-hydroxylation sites is 1. The number of hydrogen-bond donors (Lipinski definition) is 1. The molecule has 1 aliphatic carbocycles. The number of aliphatic imine (C=N–C) groups is 1. The van der Waals surface area contributed by atoms with Gasteiger partial charge in [-0.25, -0.2) is 4.99 Å². The van der Waals surface area contributed by atoms with Crippen LogP contribution in [0.5, 0.6) is 23.0 Å². The van der Waals surface area contributed by atoms with Crippen molar-refractivity contribution in [1.82, 2.24) is 0 Å². The highest BCUT2D eigenvalue weighted by Gasteiger charge is 2.37. The van der Waals surface area contributed by atoms with Crippen LogP contribution in [0.2, 0.25) is 0 Å². The van der Waals surface area contributed by atoms with Crippen LogP contribution >= 0.6 is 0 Å². The van der Waals surface area contributed by atoms with Crippen molar-refractivity contribution in [2.75, 3.05) is 0 Å². The van der Waals surface area contributed by atoms with E-state index in [0.717, 1.165) is 28.0 Å². The SMILES string of the molecule is C=C(/N=C(\N)c1cccc(-c2cccc3c2Oc2cc4c(cc2O3)C(C)(C)c2ccccc2-4)c1)/C(C)=C/C=C(C)/C(C)=C/C=C\C. The Morgan fingerprint density at radius 1 is 0.717 bits per heavy atom. The number of nitrogens with zero attached hydrogens (tertiary/aromatic N) is 1. The van der Waals surface area contributed by atoms with Crippen molar-refractivity contribution < 1.29 is 9.47 Å². The van der Waals surface area contributed by atoms with E-state index in [4.69, 9.17) is 15.2 Å². The second-order valence-electron chi connectivity index (χ2n) is 12.5. The molecule has 0 aromatic heterocycles. The molecule has 2 N–H and O–H groups in total. The molecule has 0 spiro atoms. The number of benzene rings is 4. The van der Waals surface area contributed by atoms with Crippen molar-refractivity contribution in [2.45, 2.75) is 47.0 Å². The number of rotatable bonds is 7. The summed E-state index contributed by atoms with van der Waals surface area (Å²) in [4.78, 5) is 4.66. The van der Waals surface area contributed by atoms with Crippen LogP contribution in [0.25, 0.3) is 22.3 Å². The number of ether oxygens (including phenoxy) is 2. The van der Waals surface area contributed by atoms with Crippen molar-refractivity contribution in [3.63, 3.8) is 0 Å². The number of amidine groups is 1. The largest absolute Gasteiger partial charge is 0.449 e. The Balaban J connectivity index is 1.28. The van der Waals surface area contributed by atoms with Crippen LogP contribution in [0.1, 0.15) is 58.2 Å². The lowest BCUT2D eigenvalue weighted by molar-refractivity contribution is 0.360. The summed E-state index contributed by atoms with van der Waals surface area (Å²) in [5.41, 5.74) is 18.0. The van der Waals surface area contributed by atoms with E-state index in [1.807, 2.05) is 74.5 Å². The van der Waals surface area contributed by atoms with Gasteiger partial charge in [0.05, 0.1) is 5.70 Å². The topological polar surface area (TPSA) is 56.8 Å². The van der Waals surface area contributed by atoms with Crippen molar-refractivity contribution in [3.8, 4) is 45.3 Å². The first kappa shape index (κ1) is 30.7. The Labute approximate surface area is 272 Å². The van der Waals surface area contributed by atoms with Gasteiger partial charge in [0.2, 0.25) is 0 Å². The van der Waals surface area contributed by atoms with Crippen molar-refractivity contribution in [3.05, 3.63) is 155 Å². The highest BCUT2D eigenvalue weighted by molar-refractivity contribution is 5.99. The predicted octanol–water partition coefficient (Wildman–Crippen LogP) is 11.2. The standard InChI is InChI=1S/C42H40N2O2/c1-8-9-14-26(2)27(3)21-22-28(4)29(5)44-41(43)31-16-12-15-30(23-31)32-18-13-20-37-40(32)46-38-24-34-33-17-10-11-19-35(33)42(6,7)36(34)25-39(38)45-37/h8-25H,5H2,1-4,6-7H3,(H2,43,44)/b9-8-,26-14+,27-21+,28-22+. The molecule has 4 nitrogen and oxygen atoms in total. The van der Waals surface area contributed by atoms with Gasteiger partial charge in [0, 0.05) is 16.5 Å². The zero-order valence-corrected chi connectivity index (χ0v) is 27.4. The number of nitrogens with two attached hydrogens (primary N) is 1. The van der Waals surface area contributed by atoms with Crippen molar-refractivity contribution >= 4 is 5.84 Å². The molecule has 0 atom stereocenters. The normalized spacial score (nSPS) is 15.4. The fraction of sp³-hybridized carbons (Fsp3) is 0.167. The second kappa shape index (κ2) is 12.2. The number of allylic oxidation sites excluding steroid dienone is 8. The first-order valence-electron chi connectivity index (χ1n) is 15.6. The van der Waals surface area contributed by atoms with Gasteiger partial charge in [0.25, 0.3) is 0 Å². The molecule has 0 radical (unpaired) electrons. The Hall–Kier alpha value is -5.35. The summed E-state index contributed by atoms with van der Waals surface area (Å²) in [6.07, 6.45) is 10.3. The third-order valence-electron chi connectivity index (χ3n) is 8.98. The minimum Gasteiger partial charge on any atom is -0.449 e. The highest BCUT2D eigenvalue weighted by atomic mass is 16.6.